The number of methoxy groups -OCH3 is 1. The Labute approximate surface area is 155 Å². The van der Waals surface area contributed by atoms with E-state index in [2.05, 4.69) is 15.4 Å². The van der Waals surface area contributed by atoms with Crippen molar-refractivity contribution in [3.05, 3.63) is 66.7 Å². The lowest BCUT2D eigenvalue weighted by Crippen LogP contribution is -2.27. The summed E-state index contributed by atoms with van der Waals surface area (Å²) < 4.78 is 12.7. The third-order valence-corrected chi connectivity index (χ3v) is 4.15. The summed E-state index contributed by atoms with van der Waals surface area (Å²) in [5.74, 6) is 0.583. The minimum Gasteiger partial charge on any atom is -0.493 e. The number of para-hydroxylation sites is 1. The Morgan fingerprint density at radius 1 is 1.19 bits per heavy atom. The van der Waals surface area contributed by atoms with Crippen LogP contribution in [0.4, 0.5) is 0 Å². The van der Waals surface area contributed by atoms with Crippen molar-refractivity contribution in [1.82, 2.24) is 20.1 Å². The molecule has 0 aliphatic rings. The number of fused-ring (bicyclic) bond motifs is 1. The molecule has 0 radical (unpaired) electrons. The van der Waals surface area contributed by atoms with E-state index in [1.807, 2.05) is 42.6 Å². The number of nitrogens with zero attached hydrogens (tertiary/aromatic N) is 3. The van der Waals surface area contributed by atoms with Gasteiger partial charge in [-0.15, -0.1) is 0 Å². The van der Waals surface area contributed by atoms with Crippen molar-refractivity contribution in [2.45, 2.75) is 6.54 Å². The van der Waals surface area contributed by atoms with Crippen LogP contribution >= 0.6 is 0 Å². The zero-order chi connectivity index (χ0) is 18.6. The van der Waals surface area contributed by atoms with Gasteiger partial charge in [-0.25, -0.2) is 0 Å². The lowest BCUT2D eigenvalue weighted by Gasteiger charge is -2.03. The van der Waals surface area contributed by atoms with Crippen molar-refractivity contribution in [3.8, 4) is 17.1 Å². The smallest absolute Gasteiger partial charge is 0.287 e. The van der Waals surface area contributed by atoms with Crippen molar-refractivity contribution in [3.63, 3.8) is 0 Å². The zero-order valence-electron chi connectivity index (χ0n) is 14.8. The molecule has 0 bridgehead atoms. The number of carbonyl (C=O) groups excluding carboxylic acids is 1. The summed E-state index contributed by atoms with van der Waals surface area (Å²) in [5.41, 5.74) is 2.18. The SMILES string of the molecule is COc1cccc2cc(C(=O)NCCn3ccc(-c4ccccn4)n3)oc12. The van der Waals surface area contributed by atoms with E-state index in [1.165, 1.54) is 0 Å². The van der Waals surface area contributed by atoms with Gasteiger partial charge >= 0.3 is 0 Å². The maximum absolute atomic E-state index is 12.3. The Morgan fingerprint density at radius 3 is 2.93 bits per heavy atom. The number of amides is 1. The fourth-order valence-corrected chi connectivity index (χ4v) is 2.82. The number of ether oxygens (including phenoxy) is 1. The van der Waals surface area contributed by atoms with Crippen LogP contribution in [0.2, 0.25) is 0 Å². The van der Waals surface area contributed by atoms with Gasteiger partial charge in [0.25, 0.3) is 5.91 Å². The molecule has 1 N–H and O–H groups in total. The van der Waals surface area contributed by atoms with E-state index in [0.717, 1.165) is 16.8 Å². The molecule has 4 rings (SSSR count). The predicted molar refractivity (Wildman–Crippen MR) is 101 cm³/mol. The van der Waals surface area contributed by atoms with Crippen LogP contribution in [0.15, 0.2) is 65.3 Å². The highest BCUT2D eigenvalue weighted by molar-refractivity contribution is 5.97. The maximum atomic E-state index is 12.3. The molecule has 0 atom stereocenters. The first-order valence-electron chi connectivity index (χ1n) is 8.54. The Bertz CT molecular complexity index is 1070. The van der Waals surface area contributed by atoms with Crippen molar-refractivity contribution in [2.24, 2.45) is 0 Å². The fourth-order valence-electron chi connectivity index (χ4n) is 2.82. The highest BCUT2D eigenvalue weighted by Crippen LogP contribution is 2.28. The Hall–Kier alpha value is -3.61. The van der Waals surface area contributed by atoms with Crippen molar-refractivity contribution < 1.29 is 13.9 Å². The minimum absolute atomic E-state index is 0.254. The number of pyridine rings is 1. The van der Waals surface area contributed by atoms with Gasteiger partial charge in [0.2, 0.25) is 0 Å². The van der Waals surface area contributed by atoms with Gasteiger partial charge in [-0.05, 0) is 30.3 Å². The number of benzene rings is 1. The quantitative estimate of drug-likeness (QED) is 0.570. The van der Waals surface area contributed by atoms with Gasteiger partial charge in [0.05, 0.1) is 19.3 Å². The summed E-state index contributed by atoms with van der Waals surface area (Å²) in [7, 11) is 1.57. The van der Waals surface area contributed by atoms with E-state index in [4.69, 9.17) is 9.15 Å². The standard InChI is InChI=1S/C20H18N4O3/c1-26-17-7-4-5-14-13-18(27-19(14)17)20(25)22-10-12-24-11-8-16(23-24)15-6-2-3-9-21-15/h2-9,11,13H,10,12H2,1H3,(H,22,25). The number of nitrogens with one attached hydrogen (secondary N) is 1. The van der Waals surface area contributed by atoms with Gasteiger partial charge in [-0.1, -0.05) is 18.2 Å². The largest absolute Gasteiger partial charge is 0.493 e. The molecule has 3 aromatic heterocycles. The molecule has 0 saturated heterocycles. The number of carbonyl (C=O) groups is 1. The average molecular weight is 362 g/mol. The molecule has 0 spiro atoms. The van der Waals surface area contributed by atoms with Crippen LogP contribution < -0.4 is 10.1 Å². The molecule has 0 aliphatic heterocycles. The average Bonchev–Trinajstić information content (AvgIpc) is 3.35. The van der Waals surface area contributed by atoms with Crippen molar-refractivity contribution in [2.75, 3.05) is 13.7 Å². The molecule has 1 aromatic carbocycles. The summed E-state index contributed by atoms with van der Waals surface area (Å²) >= 11 is 0. The Kier molecular flexibility index (Phi) is 4.57. The van der Waals surface area contributed by atoms with Crippen LogP contribution in [0.3, 0.4) is 0 Å². The van der Waals surface area contributed by atoms with E-state index in [0.29, 0.717) is 24.4 Å². The number of aromatic nitrogens is 3. The number of hydrogen-bond donors (Lipinski definition) is 1. The van der Waals surface area contributed by atoms with Crippen LogP contribution in [0.5, 0.6) is 5.75 Å². The lowest BCUT2D eigenvalue weighted by atomic mass is 10.2. The van der Waals surface area contributed by atoms with E-state index < -0.39 is 0 Å². The maximum Gasteiger partial charge on any atom is 0.287 e. The lowest BCUT2D eigenvalue weighted by molar-refractivity contribution is 0.0926. The second-order valence-electron chi connectivity index (χ2n) is 5.92. The van der Waals surface area contributed by atoms with Crippen molar-refractivity contribution in [1.29, 1.82) is 0 Å². The Balaban J connectivity index is 1.38. The summed E-state index contributed by atoms with van der Waals surface area (Å²) in [6.07, 6.45) is 3.60. The molecule has 0 fully saturated rings. The number of furan rings is 1. The fraction of sp³-hybridized carbons (Fsp3) is 0.150. The molecule has 0 aliphatic carbocycles. The van der Waals surface area contributed by atoms with E-state index >= 15 is 0 Å². The molecule has 1 amide bonds. The zero-order valence-corrected chi connectivity index (χ0v) is 14.8. The van der Waals surface area contributed by atoms with Gasteiger partial charge < -0.3 is 14.5 Å². The van der Waals surface area contributed by atoms with Crippen LogP contribution in [0.1, 0.15) is 10.6 Å². The first-order valence-corrected chi connectivity index (χ1v) is 8.54. The molecule has 4 aromatic rings. The summed E-state index contributed by atoms with van der Waals surface area (Å²) in [6.45, 7) is 0.971. The topological polar surface area (TPSA) is 82.2 Å². The van der Waals surface area contributed by atoms with Gasteiger partial charge in [0.15, 0.2) is 17.1 Å². The third-order valence-electron chi connectivity index (χ3n) is 4.15. The molecule has 136 valence electrons. The summed E-state index contributed by atoms with van der Waals surface area (Å²) in [6, 6.07) is 14.8. The summed E-state index contributed by atoms with van der Waals surface area (Å²) in [4.78, 5) is 16.6. The monoisotopic (exact) mass is 362 g/mol. The highest BCUT2D eigenvalue weighted by atomic mass is 16.5. The predicted octanol–water partition coefficient (Wildman–Crippen LogP) is 3.13. The first-order chi connectivity index (χ1) is 13.2. The summed E-state index contributed by atoms with van der Waals surface area (Å²) in [5, 5.41) is 8.14. The van der Waals surface area contributed by atoms with Crippen LogP contribution in [0, 0.1) is 0 Å². The van der Waals surface area contributed by atoms with Crippen LogP contribution in [-0.4, -0.2) is 34.3 Å². The molecular formula is C20H18N4O3. The molecule has 3 heterocycles. The second kappa shape index (κ2) is 7.33. The molecule has 27 heavy (non-hydrogen) atoms. The van der Waals surface area contributed by atoms with Crippen LogP contribution in [0.25, 0.3) is 22.4 Å². The minimum atomic E-state index is -0.273. The normalized spacial score (nSPS) is 10.9. The van der Waals surface area contributed by atoms with E-state index in [1.54, 1.807) is 30.1 Å². The van der Waals surface area contributed by atoms with Gasteiger partial charge in [-0.2, -0.15) is 5.10 Å². The third kappa shape index (κ3) is 3.52. The highest BCUT2D eigenvalue weighted by Gasteiger charge is 2.14. The molecule has 7 nitrogen and oxygen atoms in total. The van der Waals surface area contributed by atoms with Gasteiger partial charge in [0, 0.05) is 24.3 Å². The van der Waals surface area contributed by atoms with Gasteiger partial charge in [-0.3, -0.25) is 14.5 Å². The first kappa shape index (κ1) is 16.8. The number of rotatable bonds is 6. The van der Waals surface area contributed by atoms with Crippen LogP contribution in [-0.2, 0) is 6.54 Å². The second-order valence-corrected chi connectivity index (χ2v) is 5.92. The van der Waals surface area contributed by atoms with E-state index in [9.17, 15) is 4.79 Å². The van der Waals surface area contributed by atoms with E-state index in [-0.39, 0.29) is 11.7 Å². The van der Waals surface area contributed by atoms with Crippen molar-refractivity contribution >= 4 is 16.9 Å². The number of hydrogen-bond acceptors (Lipinski definition) is 5. The van der Waals surface area contributed by atoms with Gasteiger partial charge in [0.1, 0.15) is 5.69 Å². The molecule has 0 unspecified atom stereocenters. The Morgan fingerprint density at radius 2 is 2.11 bits per heavy atom. The molecule has 0 saturated carbocycles. The molecular weight excluding hydrogens is 344 g/mol. The molecule has 7 heteroatoms.